The van der Waals surface area contributed by atoms with Crippen LogP contribution < -0.4 is 10.5 Å². The highest BCUT2D eigenvalue weighted by atomic mass is 79.9. The predicted molar refractivity (Wildman–Crippen MR) is 90.6 cm³/mol. The van der Waals surface area contributed by atoms with Crippen molar-refractivity contribution in [1.29, 1.82) is 0 Å². The normalized spacial score (nSPS) is 11.4. The monoisotopic (exact) mass is 408 g/mol. The van der Waals surface area contributed by atoms with E-state index in [0.29, 0.717) is 26.4 Å². The number of hydrogen-bond acceptors (Lipinski definition) is 3. The van der Waals surface area contributed by atoms with E-state index in [-0.39, 0.29) is 9.92 Å². The maximum absolute atomic E-state index is 12.4. The van der Waals surface area contributed by atoms with Crippen molar-refractivity contribution in [1.82, 2.24) is 0 Å². The Hall–Kier alpha value is -0.950. The van der Waals surface area contributed by atoms with Gasteiger partial charge in [0.1, 0.15) is 4.90 Å². The number of rotatable bonds is 3. The zero-order valence-corrected chi connectivity index (χ0v) is 14.7. The van der Waals surface area contributed by atoms with E-state index in [1.165, 1.54) is 12.1 Å². The highest BCUT2D eigenvalue weighted by Gasteiger charge is 2.20. The maximum atomic E-state index is 12.4. The molecule has 0 heterocycles. The van der Waals surface area contributed by atoms with Crippen molar-refractivity contribution in [3.63, 3.8) is 0 Å². The van der Waals surface area contributed by atoms with Gasteiger partial charge < -0.3 is 5.73 Å². The number of halogens is 3. The molecule has 21 heavy (non-hydrogen) atoms. The van der Waals surface area contributed by atoms with Gasteiger partial charge in [-0.05, 0) is 58.7 Å². The fraction of sp³-hybridized carbons (Fsp3) is 0.0769. The van der Waals surface area contributed by atoms with Gasteiger partial charge in [0.2, 0.25) is 0 Å². The molecule has 0 aromatic heterocycles. The molecule has 4 nitrogen and oxygen atoms in total. The van der Waals surface area contributed by atoms with E-state index >= 15 is 0 Å². The molecule has 0 atom stereocenters. The molecule has 3 N–H and O–H groups in total. The van der Waals surface area contributed by atoms with Crippen molar-refractivity contribution >= 4 is 60.5 Å². The molecule has 0 amide bonds. The fourth-order valence-electron chi connectivity index (χ4n) is 1.65. The Morgan fingerprint density at radius 2 is 1.86 bits per heavy atom. The summed E-state index contributed by atoms with van der Waals surface area (Å²) in [5.41, 5.74) is 7.18. The van der Waals surface area contributed by atoms with E-state index < -0.39 is 10.0 Å². The van der Waals surface area contributed by atoms with Crippen LogP contribution in [0.4, 0.5) is 11.4 Å². The Morgan fingerprint density at radius 3 is 2.48 bits per heavy atom. The Balaban J connectivity index is 2.46. The van der Waals surface area contributed by atoms with Crippen molar-refractivity contribution in [2.75, 3.05) is 10.5 Å². The summed E-state index contributed by atoms with van der Waals surface area (Å²) in [5, 5.41) is 0.599. The number of hydrogen-bond donors (Lipinski definition) is 2. The first-order chi connectivity index (χ1) is 9.70. The third-order valence-electron chi connectivity index (χ3n) is 2.79. The molecule has 0 unspecified atom stereocenters. The number of aryl methyl sites for hydroxylation is 1. The number of sulfonamides is 1. The minimum absolute atomic E-state index is 0.0749. The highest BCUT2D eigenvalue weighted by Crippen LogP contribution is 2.31. The Labute approximate surface area is 141 Å². The van der Waals surface area contributed by atoms with E-state index in [9.17, 15) is 8.42 Å². The smallest absolute Gasteiger partial charge is 0.263 e. The summed E-state index contributed by atoms with van der Waals surface area (Å²) in [6, 6.07) is 7.57. The predicted octanol–water partition coefficient (Wildman–Crippen LogP) is 4.45. The highest BCUT2D eigenvalue weighted by molar-refractivity contribution is 9.10. The first-order valence-corrected chi connectivity index (χ1v) is 8.77. The molecule has 8 heteroatoms. The van der Waals surface area contributed by atoms with Gasteiger partial charge in [-0.2, -0.15) is 0 Å². The number of nitrogen functional groups attached to an aromatic ring is 1. The number of nitrogens with one attached hydrogen (secondary N) is 1. The molecule has 0 fully saturated rings. The maximum Gasteiger partial charge on any atom is 0.263 e. The van der Waals surface area contributed by atoms with E-state index in [1.807, 2.05) is 0 Å². The lowest BCUT2D eigenvalue weighted by Crippen LogP contribution is -2.14. The first-order valence-electron chi connectivity index (χ1n) is 5.74. The molecule has 112 valence electrons. The van der Waals surface area contributed by atoms with Crippen LogP contribution in [0.5, 0.6) is 0 Å². The lowest BCUT2D eigenvalue weighted by Gasteiger charge is -2.12. The van der Waals surface area contributed by atoms with Crippen molar-refractivity contribution in [3.8, 4) is 0 Å². The van der Waals surface area contributed by atoms with Crippen LogP contribution in [0.25, 0.3) is 0 Å². The number of benzene rings is 2. The molecule has 0 saturated heterocycles. The fourth-order valence-corrected chi connectivity index (χ4v) is 4.26. The molecule has 0 radical (unpaired) electrons. The average molecular weight is 410 g/mol. The van der Waals surface area contributed by atoms with Gasteiger partial charge in [-0.1, -0.05) is 23.2 Å². The quantitative estimate of drug-likeness (QED) is 0.735. The van der Waals surface area contributed by atoms with Crippen molar-refractivity contribution < 1.29 is 8.42 Å². The molecule has 0 saturated carbocycles. The van der Waals surface area contributed by atoms with Gasteiger partial charge in [0, 0.05) is 15.2 Å². The molecular weight excluding hydrogens is 399 g/mol. The summed E-state index contributed by atoms with van der Waals surface area (Å²) in [7, 11) is -3.85. The zero-order valence-electron chi connectivity index (χ0n) is 10.8. The van der Waals surface area contributed by atoms with Gasteiger partial charge in [0.25, 0.3) is 10.0 Å². The lowest BCUT2D eigenvalue weighted by atomic mass is 10.2. The summed E-state index contributed by atoms with van der Waals surface area (Å²) in [6.45, 7) is 1.75. The molecule has 2 aromatic carbocycles. The van der Waals surface area contributed by atoms with Crippen LogP contribution in [-0.4, -0.2) is 8.42 Å². The van der Waals surface area contributed by atoms with E-state index in [0.717, 1.165) is 0 Å². The van der Waals surface area contributed by atoms with Crippen LogP contribution in [0.1, 0.15) is 5.56 Å². The summed E-state index contributed by atoms with van der Waals surface area (Å²) < 4.78 is 27.8. The van der Waals surface area contributed by atoms with E-state index in [1.54, 1.807) is 25.1 Å². The minimum atomic E-state index is -3.85. The SMILES string of the molecule is Cc1cc(Cl)c(S(=O)(=O)Nc2ccc(Cl)cc2Br)cc1N. The molecule has 2 aromatic rings. The summed E-state index contributed by atoms with van der Waals surface area (Å²) in [6.07, 6.45) is 0. The van der Waals surface area contributed by atoms with Crippen LogP contribution >= 0.6 is 39.1 Å². The Morgan fingerprint density at radius 1 is 1.19 bits per heavy atom. The van der Waals surface area contributed by atoms with Crippen LogP contribution in [0.3, 0.4) is 0 Å². The van der Waals surface area contributed by atoms with Gasteiger partial charge in [-0.25, -0.2) is 8.42 Å². The molecule has 0 spiro atoms. The molecule has 2 rings (SSSR count). The van der Waals surface area contributed by atoms with Gasteiger partial charge in [-0.3, -0.25) is 4.72 Å². The van der Waals surface area contributed by atoms with Crippen LogP contribution in [0.15, 0.2) is 39.7 Å². The zero-order chi connectivity index (χ0) is 15.8. The van der Waals surface area contributed by atoms with Gasteiger partial charge in [0.05, 0.1) is 10.7 Å². The third-order valence-corrected chi connectivity index (χ3v) is 5.51. The second-order valence-corrected chi connectivity index (χ2v) is 7.72. The second kappa shape index (κ2) is 6.04. The van der Waals surface area contributed by atoms with Crippen LogP contribution in [0, 0.1) is 6.92 Å². The minimum Gasteiger partial charge on any atom is -0.398 e. The second-order valence-electron chi connectivity index (χ2n) is 4.37. The number of nitrogens with two attached hydrogens (primary N) is 1. The molecule has 0 aliphatic heterocycles. The van der Waals surface area contributed by atoms with Gasteiger partial charge >= 0.3 is 0 Å². The molecule has 0 bridgehead atoms. The summed E-state index contributed by atoms with van der Waals surface area (Å²) in [5.74, 6) is 0. The first kappa shape index (κ1) is 16.4. The van der Waals surface area contributed by atoms with E-state index in [2.05, 4.69) is 20.7 Å². The third kappa shape index (κ3) is 3.63. The Kier molecular flexibility index (Phi) is 4.72. The summed E-state index contributed by atoms with van der Waals surface area (Å²) in [4.78, 5) is -0.0749. The summed E-state index contributed by atoms with van der Waals surface area (Å²) >= 11 is 15.1. The van der Waals surface area contributed by atoms with E-state index in [4.69, 9.17) is 28.9 Å². The standard InChI is InChI=1S/C13H11BrCl2N2O2S/c1-7-4-10(16)13(6-11(7)17)21(19,20)18-12-3-2-8(15)5-9(12)14/h2-6,18H,17H2,1H3. The molecule has 0 aliphatic carbocycles. The van der Waals surface area contributed by atoms with Crippen molar-refractivity contribution in [2.45, 2.75) is 11.8 Å². The van der Waals surface area contributed by atoms with Crippen LogP contribution in [0.2, 0.25) is 10.0 Å². The Bertz CT molecular complexity index is 810. The average Bonchev–Trinajstić information content (AvgIpc) is 2.37. The van der Waals surface area contributed by atoms with Crippen LogP contribution in [-0.2, 0) is 10.0 Å². The molecule has 0 aliphatic rings. The van der Waals surface area contributed by atoms with Crippen molar-refractivity contribution in [3.05, 3.63) is 50.4 Å². The topological polar surface area (TPSA) is 72.2 Å². The molecular formula is C13H11BrCl2N2O2S. The lowest BCUT2D eigenvalue weighted by molar-refractivity contribution is 0.601. The van der Waals surface area contributed by atoms with Crippen molar-refractivity contribution in [2.24, 2.45) is 0 Å². The largest absolute Gasteiger partial charge is 0.398 e. The van der Waals surface area contributed by atoms with Gasteiger partial charge in [0.15, 0.2) is 0 Å². The van der Waals surface area contributed by atoms with Gasteiger partial charge in [-0.15, -0.1) is 0 Å². The number of anilines is 2.